The monoisotopic (exact) mass is 357 g/mol. The van der Waals surface area contributed by atoms with Crippen molar-refractivity contribution in [2.24, 2.45) is 5.92 Å². The minimum Gasteiger partial charge on any atom is -0.364 e. The smallest absolute Gasteiger partial charge is 0.249 e. The van der Waals surface area contributed by atoms with Gasteiger partial charge in [-0.15, -0.1) is 0 Å². The Morgan fingerprint density at radius 2 is 2.12 bits per heavy atom. The van der Waals surface area contributed by atoms with E-state index in [1.807, 2.05) is 18.2 Å². The van der Waals surface area contributed by atoms with E-state index >= 15 is 0 Å². The largest absolute Gasteiger partial charge is 0.364 e. The van der Waals surface area contributed by atoms with Crippen LogP contribution in [0.2, 0.25) is 0 Å². The predicted molar refractivity (Wildman–Crippen MR) is 101 cm³/mol. The normalized spacial score (nSPS) is 30.1. The highest BCUT2D eigenvalue weighted by atomic mass is 16.5. The molecule has 0 bridgehead atoms. The molecule has 2 aliphatic heterocycles. The molecule has 3 fully saturated rings. The lowest BCUT2D eigenvalue weighted by Crippen LogP contribution is -2.48. The van der Waals surface area contributed by atoms with E-state index in [0.29, 0.717) is 12.5 Å². The number of carbonyl (C=O) groups is 1. The van der Waals surface area contributed by atoms with Gasteiger partial charge in [-0.2, -0.15) is 0 Å². The highest BCUT2D eigenvalue weighted by Gasteiger charge is 2.42. The number of pyridine rings is 1. The Bertz CT molecular complexity index is 588. The predicted octanol–water partition coefficient (Wildman–Crippen LogP) is 2.55. The van der Waals surface area contributed by atoms with Crippen LogP contribution in [0.5, 0.6) is 0 Å². The molecule has 3 heterocycles. The summed E-state index contributed by atoms with van der Waals surface area (Å²) in [6.07, 6.45) is 11.4. The summed E-state index contributed by atoms with van der Waals surface area (Å²) >= 11 is 0. The van der Waals surface area contributed by atoms with Gasteiger partial charge in [-0.05, 0) is 50.3 Å². The fraction of sp³-hybridized carbons (Fsp3) is 0.714. The van der Waals surface area contributed by atoms with Gasteiger partial charge in [0.2, 0.25) is 5.91 Å². The minimum atomic E-state index is -0.264. The van der Waals surface area contributed by atoms with E-state index in [-0.39, 0.29) is 18.1 Å². The van der Waals surface area contributed by atoms with Crippen LogP contribution in [-0.4, -0.2) is 53.7 Å². The average molecular weight is 357 g/mol. The van der Waals surface area contributed by atoms with Crippen molar-refractivity contribution in [2.45, 2.75) is 69.6 Å². The van der Waals surface area contributed by atoms with Gasteiger partial charge in [0.25, 0.3) is 0 Å². The number of aromatic nitrogens is 1. The van der Waals surface area contributed by atoms with Gasteiger partial charge in [0.1, 0.15) is 6.10 Å². The fourth-order valence-electron chi connectivity index (χ4n) is 4.87. The number of hydrogen-bond acceptors (Lipinski definition) is 4. The molecule has 0 unspecified atom stereocenters. The molecule has 1 amide bonds. The van der Waals surface area contributed by atoms with Gasteiger partial charge in [0.15, 0.2) is 0 Å². The average Bonchev–Trinajstić information content (AvgIpc) is 3.13. The molecule has 0 aromatic carbocycles. The van der Waals surface area contributed by atoms with Gasteiger partial charge in [0, 0.05) is 37.4 Å². The van der Waals surface area contributed by atoms with Crippen LogP contribution in [0.4, 0.5) is 0 Å². The molecule has 0 radical (unpaired) electrons. The first kappa shape index (κ1) is 17.9. The van der Waals surface area contributed by atoms with Crippen LogP contribution in [0.15, 0.2) is 24.4 Å². The number of hydrogen-bond donors (Lipinski definition) is 1. The summed E-state index contributed by atoms with van der Waals surface area (Å²) in [5.41, 5.74) is 1.01. The SMILES string of the molecule is O=C(NCCc1ccccn1)[C@H]1C[C@@H]2CCN(C3CCCCC3)C[C@@H]2O1. The molecule has 0 spiro atoms. The number of piperidine rings is 1. The van der Waals surface area contributed by atoms with Crippen LogP contribution in [-0.2, 0) is 16.0 Å². The lowest BCUT2D eigenvalue weighted by atomic mass is 9.88. The summed E-state index contributed by atoms with van der Waals surface area (Å²) in [5, 5.41) is 3.04. The molecule has 5 heteroatoms. The van der Waals surface area contributed by atoms with E-state index in [1.54, 1.807) is 6.20 Å². The third-order valence-corrected chi connectivity index (χ3v) is 6.37. The zero-order valence-corrected chi connectivity index (χ0v) is 15.6. The Labute approximate surface area is 156 Å². The second kappa shape index (κ2) is 8.49. The molecule has 2 saturated heterocycles. The van der Waals surface area contributed by atoms with Gasteiger partial charge < -0.3 is 10.1 Å². The van der Waals surface area contributed by atoms with Gasteiger partial charge in [0.05, 0.1) is 6.10 Å². The zero-order valence-electron chi connectivity index (χ0n) is 15.6. The summed E-state index contributed by atoms with van der Waals surface area (Å²) in [7, 11) is 0. The number of nitrogens with zero attached hydrogens (tertiary/aromatic N) is 2. The minimum absolute atomic E-state index is 0.0551. The Morgan fingerprint density at radius 1 is 1.23 bits per heavy atom. The third kappa shape index (κ3) is 4.26. The van der Waals surface area contributed by atoms with Crippen LogP contribution < -0.4 is 5.32 Å². The Kier molecular flexibility index (Phi) is 5.85. The van der Waals surface area contributed by atoms with Crippen molar-refractivity contribution < 1.29 is 9.53 Å². The number of amides is 1. The number of nitrogens with one attached hydrogen (secondary N) is 1. The van der Waals surface area contributed by atoms with Crippen LogP contribution in [0.25, 0.3) is 0 Å². The van der Waals surface area contributed by atoms with Crippen LogP contribution in [0, 0.1) is 5.92 Å². The van der Waals surface area contributed by atoms with Gasteiger partial charge in [-0.1, -0.05) is 25.3 Å². The summed E-state index contributed by atoms with van der Waals surface area (Å²) in [6, 6.07) is 6.63. The van der Waals surface area contributed by atoms with E-state index in [1.165, 1.54) is 45.1 Å². The van der Waals surface area contributed by atoms with E-state index in [9.17, 15) is 4.79 Å². The molecule has 4 rings (SSSR count). The lowest BCUT2D eigenvalue weighted by Gasteiger charge is -2.40. The Balaban J connectivity index is 1.23. The molecule has 5 nitrogen and oxygen atoms in total. The first-order valence-electron chi connectivity index (χ1n) is 10.4. The summed E-state index contributed by atoms with van der Waals surface area (Å²) < 4.78 is 6.18. The van der Waals surface area contributed by atoms with Crippen molar-refractivity contribution in [3.05, 3.63) is 30.1 Å². The van der Waals surface area contributed by atoms with Crippen molar-refractivity contribution in [2.75, 3.05) is 19.6 Å². The summed E-state index contributed by atoms with van der Waals surface area (Å²) in [6.45, 7) is 2.83. The number of carbonyl (C=O) groups excluding carboxylic acids is 1. The molecular formula is C21H31N3O2. The van der Waals surface area contributed by atoms with E-state index in [0.717, 1.165) is 31.1 Å². The van der Waals surface area contributed by atoms with Gasteiger partial charge >= 0.3 is 0 Å². The van der Waals surface area contributed by atoms with Crippen molar-refractivity contribution in [3.63, 3.8) is 0 Å². The van der Waals surface area contributed by atoms with Crippen LogP contribution >= 0.6 is 0 Å². The summed E-state index contributed by atoms with van der Waals surface area (Å²) in [4.78, 5) is 19.4. The van der Waals surface area contributed by atoms with Gasteiger partial charge in [-0.25, -0.2) is 0 Å². The lowest BCUT2D eigenvalue weighted by molar-refractivity contribution is -0.133. The number of likely N-dealkylation sites (tertiary alicyclic amines) is 1. The van der Waals surface area contributed by atoms with Crippen molar-refractivity contribution in [1.82, 2.24) is 15.2 Å². The first-order chi connectivity index (χ1) is 12.8. The van der Waals surface area contributed by atoms with Gasteiger partial charge in [-0.3, -0.25) is 14.7 Å². The van der Waals surface area contributed by atoms with Crippen LogP contribution in [0.1, 0.15) is 50.6 Å². The Hall–Kier alpha value is -1.46. The number of ether oxygens (including phenoxy) is 1. The van der Waals surface area contributed by atoms with E-state index in [4.69, 9.17) is 4.74 Å². The molecule has 1 N–H and O–H groups in total. The number of fused-ring (bicyclic) bond motifs is 1. The molecule has 142 valence electrons. The molecule has 1 aromatic rings. The first-order valence-corrected chi connectivity index (χ1v) is 10.4. The number of rotatable bonds is 5. The molecule has 3 aliphatic rings. The topological polar surface area (TPSA) is 54.5 Å². The van der Waals surface area contributed by atoms with Crippen molar-refractivity contribution in [1.29, 1.82) is 0 Å². The standard InChI is InChI=1S/C21H31N3O2/c25-21(23-12-9-17-6-4-5-11-22-17)19-14-16-10-13-24(15-20(16)26-19)18-7-2-1-3-8-18/h4-6,11,16,18-20H,1-3,7-10,12-15H2,(H,23,25)/t16-,19+,20-/m0/s1. The molecule has 1 aliphatic carbocycles. The maximum atomic E-state index is 12.5. The molecule has 3 atom stereocenters. The molecule has 26 heavy (non-hydrogen) atoms. The highest BCUT2D eigenvalue weighted by molar-refractivity contribution is 5.81. The maximum absolute atomic E-state index is 12.5. The van der Waals surface area contributed by atoms with Crippen molar-refractivity contribution in [3.8, 4) is 0 Å². The maximum Gasteiger partial charge on any atom is 0.249 e. The van der Waals surface area contributed by atoms with Crippen molar-refractivity contribution >= 4 is 5.91 Å². The second-order valence-electron chi connectivity index (χ2n) is 8.10. The van der Waals surface area contributed by atoms with E-state index < -0.39 is 0 Å². The quantitative estimate of drug-likeness (QED) is 0.880. The fourth-order valence-corrected chi connectivity index (χ4v) is 4.87. The van der Waals surface area contributed by atoms with E-state index in [2.05, 4.69) is 15.2 Å². The zero-order chi connectivity index (χ0) is 17.8. The molecular weight excluding hydrogens is 326 g/mol. The second-order valence-corrected chi connectivity index (χ2v) is 8.10. The molecule has 1 saturated carbocycles. The Morgan fingerprint density at radius 3 is 2.92 bits per heavy atom. The third-order valence-electron chi connectivity index (χ3n) is 6.37. The van der Waals surface area contributed by atoms with Crippen LogP contribution in [0.3, 0.4) is 0 Å². The highest BCUT2D eigenvalue weighted by Crippen LogP contribution is 2.35. The molecule has 1 aromatic heterocycles. The summed E-state index contributed by atoms with van der Waals surface area (Å²) in [5.74, 6) is 0.612.